The quantitative estimate of drug-likeness (QED) is 0.00387. The number of nitrogens with zero attached hydrogens (tertiary/aromatic N) is 11. The van der Waals surface area contributed by atoms with Gasteiger partial charge in [-0.25, -0.2) is 24.4 Å². The van der Waals surface area contributed by atoms with Gasteiger partial charge >= 0.3 is 23.5 Å². The number of hydrogen-bond acceptors (Lipinski definition) is 31. The molecule has 4 aromatic rings. The summed E-state index contributed by atoms with van der Waals surface area (Å²) in [6.45, 7) is 39.0. The van der Waals surface area contributed by atoms with E-state index in [1.54, 1.807) is 73.1 Å². The third-order valence-electron chi connectivity index (χ3n) is 24.9. The van der Waals surface area contributed by atoms with E-state index in [9.17, 15) is 68.1 Å². The molecule has 42 heteroatoms. The Kier molecular flexibility index (Phi) is 67.6. The molecule has 10 N–H and O–H groups in total. The van der Waals surface area contributed by atoms with E-state index in [4.69, 9.17) is 66.2 Å². The second kappa shape index (κ2) is 74.8. The minimum atomic E-state index is -1.08. The molecule has 0 radical (unpaired) electrons. The number of aliphatic carboxylic acids is 2. The highest BCUT2D eigenvalue weighted by Gasteiger charge is 2.42. The highest BCUT2D eigenvalue weighted by molar-refractivity contribution is 7.10. The van der Waals surface area contributed by atoms with Gasteiger partial charge in [0.15, 0.2) is 23.9 Å². The van der Waals surface area contributed by atoms with Crippen LogP contribution in [0.3, 0.4) is 0 Å². The van der Waals surface area contributed by atoms with Gasteiger partial charge in [-0.2, -0.15) is 0 Å². The molecule has 816 valence electrons. The summed E-state index contributed by atoms with van der Waals surface area (Å²) in [5, 5.41) is 58.1. The van der Waals surface area contributed by atoms with Crippen molar-refractivity contribution < 1.29 is 117 Å². The average Bonchev–Trinajstić information content (AvgIpc) is 1.80. The summed E-state index contributed by atoms with van der Waals surface area (Å²) in [4.78, 5) is 174. The van der Waals surface area contributed by atoms with Crippen LogP contribution in [0, 0.1) is 58.8 Å². The standard InChI is InChI=1S/C48H76N8O9S.C42H66N4O7S.C6H13N4O3.C5H9ClO2.C2H4O2/c1-9-20-56(47(61)38(33(6)11-3)28-42(58)40-14-12-13-21-55(40)8)41(32(4)5)29-44(64-22-10-2)46-53-39(31-66-46)45(60)52-36(27-35-15-17-37(57)18-16-35)26-34(7)43(59)30-50-48(62)65-25-24-63-23-19-51-54-49;1-9-19-46(41(50)33(28(6)11-3)24-37(48)35-14-12-13-20-45(35)8)36(27(4)5)25-38(53-21-10-2)40-44-34(26-54-40)39(49)43-31(22-29(7)42(51)52)23-30-15-17-32(47)18-16-30;7-5-6(11)13-4-3-12-2-1-9-10-8;1-4(2)3-8-5(6)7;1-2(3)4/h15-18,31-34,36,38,40-41,44,57H,9-14,19-30H2,1-8H3,(H,50,62)(H,52,60);15-18,26-29,31,33,35-36,38,47H,9-14,19-25H2,1-8H3,(H,43,49)(H,51,52);8H,1-5,7H2;4H,3H2,1-2H3;1H3,(H,3,4)/q;;+1;;/t33-,34-,36+,38-,40+,41+,44+;28-,29-,31+,33-,35+,36+,38+;;;/m00.../s1. The molecular formula is C103H168ClN16O23S2+. The number of likely N-dealkylation sites (N-methyl/N-ethyl adjacent to an activating group) is 2. The number of nitrogens with one attached hydrogen (secondary N) is 4. The van der Waals surface area contributed by atoms with Gasteiger partial charge in [-0.1, -0.05) is 166 Å². The number of aromatic nitrogens is 2. The number of piperidine rings is 2. The van der Waals surface area contributed by atoms with E-state index in [0.717, 1.165) is 108 Å². The molecule has 14 atom stereocenters. The molecule has 0 aliphatic carbocycles. The number of hydrogen-bond donors (Lipinski definition) is 8. The van der Waals surface area contributed by atoms with Crippen LogP contribution in [-0.2, 0) is 84.4 Å². The Morgan fingerprint density at radius 2 is 1.00 bits per heavy atom. The van der Waals surface area contributed by atoms with Crippen molar-refractivity contribution >= 4 is 105 Å². The molecule has 2 aliphatic heterocycles. The average molecular weight is 2100 g/mol. The van der Waals surface area contributed by atoms with Gasteiger partial charge in [-0.05, 0) is 182 Å². The van der Waals surface area contributed by atoms with Gasteiger partial charge in [0, 0.05) is 134 Å². The number of rotatable bonds is 63. The first-order chi connectivity index (χ1) is 69.0. The zero-order valence-corrected chi connectivity index (χ0v) is 91.5. The van der Waals surface area contributed by atoms with Crippen LogP contribution in [0.1, 0.15) is 288 Å². The molecule has 2 aromatic carbocycles. The summed E-state index contributed by atoms with van der Waals surface area (Å²) in [6.07, 6.45) is 11.4. The van der Waals surface area contributed by atoms with E-state index in [-0.39, 0.29) is 178 Å². The lowest BCUT2D eigenvalue weighted by molar-refractivity contribution is -0.359. The number of azide groups is 1. The Labute approximate surface area is 870 Å². The smallest absolute Gasteiger partial charge is 0.407 e. The molecule has 2 aromatic heterocycles. The lowest BCUT2D eigenvalue weighted by Gasteiger charge is -2.40. The minimum Gasteiger partial charge on any atom is -0.550 e. The number of ether oxygens (including phenoxy) is 7. The van der Waals surface area contributed by atoms with Crippen molar-refractivity contribution in [2.45, 2.75) is 295 Å². The lowest BCUT2D eigenvalue weighted by atomic mass is 9.82. The maximum Gasteiger partial charge on any atom is 0.407 e. The number of carboxylic acid groups (broad SMARTS) is 2. The van der Waals surface area contributed by atoms with Crippen molar-refractivity contribution in [2.75, 3.05) is 126 Å². The number of quaternary nitrogens is 1. The van der Waals surface area contributed by atoms with Gasteiger partial charge in [-0.3, -0.25) is 48.2 Å². The van der Waals surface area contributed by atoms with Crippen LogP contribution in [-0.4, -0.2) is 277 Å². The third-order valence-corrected chi connectivity index (χ3v) is 26.9. The van der Waals surface area contributed by atoms with E-state index in [1.807, 2.05) is 51.6 Å². The van der Waals surface area contributed by atoms with E-state index in [1.165, 1.54) is 22.7 Å². The molecule has 145 heavy (non-hydrogen) atoms. The molecule has 2 saturated heterocycles. The number of carboxylic acids is 2. The van der Waals surface area contributed by atoms with E-state index in [0.29, 0.717) is 94.3 Å². The van der Waals surface area contributed by atoms with Crippen molar-refractivity contribution in [3.63, 3.8) is 0 Å². The predicted molar refractivity (Wildman–Crippen MR) is 553 cm³/mol. The van der Waals surface area contributed by atoms with Gasteiger partial charge in [0.25, 0.3) is 11.8 Å². The lowest BCUT2D eigenvalue weighted by Crippen LogP contribution is -2.54. The molecule has 0 saturated carbocycles. The molecule has 2 fully saturated rings. The Morgan fingerprint density at radius 3 is 1.35 bits per heavy atom. The normalized spacial score (nSPS) is 16.0. The molecule has 0 unspecified atom stereocenters. The fraction of sp³-hybridized carbons (Fsp3) is 0.709. The van der Waals surface area contributed by atoms with Gasteiger partial charge < -0.3 is 89.9 Å². The maximum absolute atomic E-state index is 14.8. The van der Waals surface area contributed by atoms with Crippen LogP contribution in [0.25, 0.3) is 10.4 Å². The van der Waals surface area contributed by atoms with E-state index in [2.05, 4.69) is 130 Å². The first kappa shape index (κ1) is 131. The SMILES string of the molecule is CC(=O)[O-].CC(C)COC(=O)Cl.CCCO[C@H](C[C@H](C(C)C)N(CCC)C(=O)[C@@H](CC(=O)[C@H]1CCCCN1C)[C@@H](C)CC)c1nc(C(=O)N[C@@H](Cc2ccc(O)cc2)C[C@H](C)C(=O)CNC(=O)OCCOCCN=[N+]=[N-])cs1.CCCO[C@H](C[C@H](C(C)C)N(CCC)C(=O)[C@@H](CC(=O)[C@H]1CCCCN1C)[C@@H](C)CC)c1nc(C(=O)N[C@@H](Cc2ccc(O)cc2)C[C@H](C)C(=O)O)cs1.N=[N+]=NCCOCCOC(=O)C[NH3+]. The zero-order valence-electron chi connectivity index (χ0n) is 89.1. The highest BCUT2D eigenvalue weighted by atomic mass is 35.5. The molecule has 5 amide bonds. The minimum absolute atomic E-state index is 0.00931. The number of halogens is 1. The number of aromatic hydroxyl groups is 2. The number of Topliss-reactive ketones (excluding diaryl/α,β-unsaturated/α-hetero) is 3. The Hall–Kier alpha value is -10.0. The fourth-order valence-corrected chi connectivity index (χ4v) is 18.3. The molecule has 6 rings (SSSR count). The number of benzene rings is 2. The number of alkyl carbamates (subject to hydrolysis) is 1. The number of phenols is 2. The summed E-state index contributed by atoms with van der Waals surface area (Å²) >= 11 is 7.53. The molecule has 0 spiro atoms. The number of ketones is 3. The van der Waals surface area contributed by atoms with Gasteiger partial charge in [0.1, 0.15) is 75.5 Å². The van der Waals surface area contributed by atoms with Gasteiger partial charge in [0.2, 0.25) is 16.7 Å². The Balaban J connectivity index is 0.000000798. The monoisotopic (exact) mass is 2100 g/mol. The number of carbonyl (C=O) groups excluding carboxylic acids is 11. The maximum atomic E-state index is 14.8. The second-order valence-electron chi connectivity index (χ2n) is 38.0. The molecule has 2 aliphatic rings. The number of likely N-dealkylation sites (tertiary alicyclic amines) is 2. The van der Waals surface area contributed by atoms with Gasteiger partial charge in [-0.15, -0.1) is 22.7 Å². The van der Waals surface area contributed by atoms with Crippen LogP contribution >= 0.6 is 34.3 Å². The summed E-state index contributed by atoms with van der Waals surface area (Å²) in [5.41, 5.74) is 19.4. The first-order valence-corrected chi connectivity index (χ1v) is 53.3. The van der Waals surface area contributed by atoms with E-state index < -0.39 is 83.2 Å². The Morgan fingerprint density at radius 1 is 0.586 bits per heavy atom. The van der Waals surface area contributed by atoms with Crippen LogP contribution in [0.2, 0.25) is 0 Å². The number of esters is 1. The summed E-state index contributed by atoms with van der Waals surface area (Å²) in [5.74, 6) is -4.40. The molecular weight excluding hydrogens is 1930 g/mol. The summed E-state index contributed by atoms with van der Waals surface area (Å²) in [6, 6.07) is 11.6. The molecule has 39 nitrogen and oxygen atoms in total. The first-order valence-electron chi connectivity index (χ1n) is 51.2. The van der Waals surface area contributed by atoms with Crippen molar-refractivity contribution in [1.29, 1.82) is 5.53 Å². The number of phenolic OH excluding ortho intramolecular Hbond substituents is 2. The third kappa shape index (κ3) is 52.9. The van der Waals surface area contributed by atoms with Crippen LogP contribution < -0.4 is 31.7 Å². The number of carbonyl (C=O) groups is 12. The van der Waals surface area contributed by atoms with Crippen LogP contribution in [0.5, 0.6) is 11.5 Å². The molecule has 4 heterocycles. The van der Waals surface area contributed by atoms with Crippen molar-refractivity contribution in [3.8, 4) is 11.5 Å². The summed E-state index contributed by atoms with van der Waals surface area (Å²) < 4.78 is 37.3. The van der Waals surface area contributed by atoms with Crippen LogP contribution in [0.4, 0.5) is 9.59 Å². The molecule has 0 bridgehead atoms. The summed E-state index contributed by atoms with van der Waals surface area (Å²) in [7, 11) is 4.02. The number of thiazole rings is 2. The zero-order chi connectivity index (χ0) is 109. The van der Waals surface area contributed by atoms with E-state index >= 15 is 0 Å². The highest BCUT2D eigenvalue weighted by Crippen LogP contribution is 2.37. The second-order valence-corrected chi connectivity index (χ2v) is 40.1. The topological polar surface area (TPSA) is 555 Å². The van der Waals surface area contributed by atoms with Gasteiger partial charge in [0.05, 0.1) is 57.6 Å². The van der Waals surface area contributed by atoms with Crippen molar-refractivity contribution in [3.05, 3.63) is 102 Å². The van der Waals surface area contributed by atoms with Crippen molar-refractivity contribution in [2.24, 2.45) is 63.5 Å². The van der Waals surface area contributed by atoms with Crippen LogP contribution in [0.15, 0.2) is 69.5 Å². The Bertz CT molecular complexity index is 4560. The number of amides is 5. The fourth-order valence-electron chi connectivity index (χ4n) is 16.6. The predicted octanol–water partition coefficient (Wildman–Crippen LogP) is 14.7. The largest absolute Gasteiger partial charge is 0.550 e. The van der Waals surface area contributed by atoms with Crippen molar-refractivity contribution in [1.82, 2.24) is 50.4 Å².